The maximum atomic E-state index is 13.8. The molecule has 1 heterocycles. The fourth-order valence-electron chi connectivity index (χ4n) is 4.43. The van der Waals surface area contributed by atoms with E-state index < -0.39 is 11.9 Å². The standard InChI is InChI=1S/C30H25F2N3O/c1-19-15-26-27(16-20(19)2)35(28(34-26)17-21-11-13-23(31)14-12-21)29(22-7-4-3-5-8-22)30(36)33-25-10-6-9-24(32)18-25/h3-16,18,29H,17H2,1-2H3,(H,33,36)/t29-/m1/s1. The van der Waals surface area contributed by atoms with E-state index in [0.29, 0.717) is 17.9 Å². The molecular weight excluding hydrogens is 456 g/mol. The summed E-state index contributed by atoms with van der Waals surface area (Å²) in [4.78, 5) is 18.7. The Kier molecular flexibility index (Phi) is 6.34. The maximum absolute atomic E-state index is 13.8. The number of nitrogens with zero attached hydrogens (tertiary/aromatic N) is 2. The number of fused-ring (bicyclic) bond motifs is 1. The molecule has 0 saturated heterocycles. The normalized spacial score (nSPS) is 12.0. The molecule has 36 heavy (non-hydrogen) atoms. The van der Waals surface area contributed by atoms with Gasteiger partial charge in [0.2, 0.25) is 0 Å². The van der Waals surface area contributed by atoms with Gasteiger partial charge < -0.3 is 9.88 Å². The minimum Gasteiger partial charge on any atom is -0.324 e. The molecule has 1 aromatic heterocycles. The summed E-state index contributed by atoms with van der Waals surface area (Å²) in [5, 5.41) is 2.88. The van der Waals surface area contributed by atoms with Crippen LogP contribution in [0.25, 0.3) is 11.0 Å². The number of rotatable bonds is 6. The highest BCUT2D eigenvalue weighted by Crippen LogP contribution is 2.31. The van der Waals surface area contributed by atoms with Gasteiger partial charge >= 0.3 is 0 Å². The number of hydrogen-bond donors (Lipinski definition) is 1. The molecule has 0 aliphatic heterocycles. The topological polar surface area (TPSA) is 46.9 Å². The Balaban J connectivity index is 1.69. The number of hydrogen-bond acceptors (Lipinski definition) is 2. The second kappa shape index (κ2) is 9.74. The second-order valence-corrected chi connectivity index (χ2v) is 8.94. The molecule has 5 rings (SSSR count). The third-order valence-electron chi connectivity index (χ3n) is 6.37. The maximum Gasteiger partial charge on any atom is 0.252 e. The van der Waals surface area contributed by atoms with E-state index in [0.717, 1.165) is 33.3 Å². The van der Waals surface area contributed by atoms with Crippen molar-refractivity contribution in [2.24, 2.45) is 0 Å². The lowest BCUT2D eigenvalue weighted by atomic mass is 10.0. The molecule has 6 heteroatoms. The van der Waals surface area contributed by atoms with Crippen molar-refractivity contribution in [1.82, 2.24) is 9.55 Å². The molecule has 0 aliphatic rings. The molecule has 0 bridgehead atoms. The zero-order valence-electron chi connectivity index (χ0n) is 20.0. The van der Waals surface area contributed by atoms with E-state index in [2.05, 4.69) is 5.32 Å². The quantitative estimate of drug-likeness (QED) is 0.292. The summed E-state index contributed by atoms with van der Waals surface area (Å²) in [6.07, 6.45) is 0.406. The molecule has 1 N–H and O–H groups in total. The first-order valence-corrected chi connectivity index (χ1v) is 11.7. The van der Waals surface area contributed by atoms with Gasteiger partial charge in [-0.3, -0.25) is 4.79 Å². The van der Waals surface area contributed by atoms with E-state index in [1.54, 1.807) is 24.3 Å². The summed E-state index contributed by atoms with van der Waals surface area (Å²) in [5.41, 5.74) is 5.78. The van der Waals surface area contributed by atoms with Crippen LogP contribution in [-0.2, 0) is 11.2 Å². The Hall–Kier alpha value is -4.32. The summed E-state index contributed by atoms with van der Waals surface area (Å²) < 4.78 is 29.3. The fourth-order valence-corrected chi connectivity index (χ4v) is 4.43. The Morgan fingerprint density at radius 2 is 1.58 bits per heavy atom. The zero-order valence-corrected chi connectivity index (χ0v) is 20.0. The minimum absolute atomic E-state index is 0.310. The van der Waals surface area contributed by atoms with Gasteiger partial charge in [0.05, 0.1) is 11.0 Å². The molecule has 1 atom stereocenters. The van der Waals surface area contributed by atoms with Crippen LogP contribution in [0.15, 0.2) is 91.0 Å². The predicted octanol–water partition coefficient (Wildman–Crippen LogP) is 6.75. The highest BCUT2D eigenvalue weighted by molar-refractivity contribution is 5.97. The van der Waals surface area contributed by atoms with Crippen molar-refractivity contribution in [2.45, 2.75) is 26.3 Å². The number of imidazole rings is 1. The van der Waals surface area contributed by atoms with Crippen molar-refractivity contribution in [1.29, 1.82) is 0 Å². The lowest BCUT2D eigenvalue weighted by molar-refractivity contribution is -0.118. The smallest absolute Gasteiger partial charge is 0.252 e. The summed E-state index contributed by atoms with van der Waals surface area (Å²) >= 11 is 0. The van der Waals surface area contributed by atoms with Gasteiger partial charge in [-0.25, -0.2) is 13.8 Å². The van der Waals surface area contributed by atoms with Crippen LogP contribution in [0.1, 0.15) is 34.1 Å². The number of carbonyl (C=O) groups excluding carboxylic acids is 1. The molecule has 0 unspecified atom stereocenters. The Morgan fingerprint density at radius 3 is 2.31 bits per heavy atom. The van der Waals surface area contributed by atoms with Crippen LogP contribution in [0.2, 0.25) is 0 Å². The van der Waals surface area contributed by atoms with E-state index in [-0.39, 0.29) is 11.7 Å². The number of halogens is 2. The van der Waals surface area contributed by atoms with E-state index in [1.807, 2.05) is 60.9 Å². The average Bonchev–Trinajstić information content (AvgIpc) is 3.18. The largest absolute Gasteiger partial charge is 0.324 e. The van der Waals surface area contributed by atoms with Gasteiger partial charge in [0.1, 0.15) is 23.5 Å². The number of carbonyl (C=O) groups is 1. The fraction of sp³-hybridized carbons (Fsp3) is 0.133. The predicted molar refractivity (Wildman–Crippen MR) is 138 cm³/mol. The van der Waals surface area contributed by atoms with Gasteiger partial charge in [-0.05, 0) is 78.6 Å². The molecule has 5 aromatic rings. The Morgan fingerprint density at radius 1 is 0.861 bits per heavy atom. The third-order valence-corrected chi connectivity index (χ3v) is 6.37. The van der Waals surface area contributed by atoms with Crippen molar-refractivity contribution in [3.05, 3.63) is 131 Å². The summed E-state index contributed by atoms with van der Waals surface area (Å²) in [7, 11) is 0. The minimum atomic E-state index is -0.767. The van der Waals surface area contributed by atoms with Crippen LogP contribution >= 0.6 is 0 Å². The Bertz CT molecular complexity index is 1540. The lowest BCUT2D eigenvalue weighted by Gasteiger charge is -2.22. The van der Waals surface area contributed by atoms with Crippen LogP contribution in [0.3, 0.4) is 0 Å². The monoisotopic (exact) mass is 481 g/mol. The van der Waals surface area contributed by atoms with Crippen molar-refractivity contribution in [2.75, 3.05) is 5.32 Å². The van der Waals surface area contributed by atoms with Gasteiger partial charge in [0, 0.05) is 12.1 Å². The van der Waals surface area contributed by atoms with Crippen molar-refractivity contribution in [3.8, 4) is 0 Å². The first-order chi connectivity index (χ1) is 17.4. The molecule has 1 amide bonds. The average molecular weight is 482 g/mol. The molecule has 4 nitrogen and oxygen atoms in total. The number of benzene rings is 4. The van der Waals surface area contributed by atoms with Crippen LogP contribution in [-0.4, -0.2) is 15.5 Å². The van der Waals surface area contributed by atoms with Crippen molar-refractivity contribution < 1.29 is 13.6 Å². The van der Waals surface area contributed by atoms with Crippen LogP contribution in [0, 0.1) is 25.5 Å². The number of aryl methyl sites for hydroxylation is 2. The summed E-state index contributed by atoms with van der Waals surface area (Å²) in [6.45, 7) is 4.05. The number of anilines is 1. The van der Waals surface area contributed by atoms with Gasteiger partial charge in [0.25, 0.3) is 5.91 Å². The summed E-state index contributed by atoms with van der Waals surface area (Å²) in [6, 6.07) is 24.8. The third kappa shape index (κ3) is 4.75. The first kappa shape index (κ1) is 23.4. The van der Waals surface area contributed by atoms with Gasteiger partial charge in [0.15, 0.2) is 0 Å². The molecule has 180 valence electrons. The molecule has 0 fully saturated rings. The van der Waals surface area contributed by atoms with E-state index in [4.69, 9.17) is 4.98 Å². The lowest BCUT2D eigenvalue weighted by Crippen LogP contribution is -2.28. The van der Waals surface area contributed by atoms with Crippen LogP contribution in [0.5, 0.6) is 0 Å². The first-order valence-electron chi connectivity index (χ1n) is 11.7. The molecule has 0 spiro atoms. The van der Waals surface area contributed by atoms with Gasteiger partial charge in [-0.2, -0.15) is 0 Å². The van der Waals surface area contributed by atoms with Gasteiger partial charge in [-0.1, -0.05) is 48.5 Å². The van der Waals surface area contributed by atoms with Crippen LogP contribution < -0.4 is 5.32 Å². The number of nitrogens with one attached hydrogen (secondary N) is 1. The second-order valence-electron chi connectivity index (χ2n) is 8.94. The molecule has 0 saturated carbocycles. The highest BCUT2D eigenvalue weighted by atomic mass is 19.1. The molecule has 4 aromatic carbocycles. The van der Waals surface area contributed by atoms with E-state index in [9.17, 15) is 13.6 Å². The number of amides is 1. The van der Waals surface area contributed by atoms with Crippen LogP contribution in [0.4, 0.5) is 14.5 Å². The van der Waals surface area contributed by atoms with E-state index in [1.165, 1.54) is 24.3 Å². The SMILES string of the molecule is Cc1cc2nc(Cc3ccc(F)cc3)n([C@@H](C(=O)Nc3cccc(F)c3)c3ccccc3)c2cc1C. The molecule has 0 aliphatic carbocycles. The van der Waals surface area contributed by atoms with Crippen molar-refractivity contribution >= 4 is 22.6 Å². The van der Waals surface area contributed by atoms with Crippen molar-refractivity contribution in [3.63, 3.8) is 0 Å². The van der Waals surface area contributed by atoms with E-state index >= 15 is 0 Å². The summed E-state index contributed by atoms with van der Waals surface area (Å²) in [5.74, 6) is -0.384. The zero-order chi connectivity index (χ0) is 25.2. The molecular formula is C30H25F2N3O. The number of aromatic nitrogens is 2. The van der Waals surface area contributed by atoms with Gasteiger partial charge in [-0.15, -0.1) is 0 Å². The highest BCUT2D eigenvalue weighted by Gasteiger charge is 2.28. The Labute approximate surface area is 208 Å². The molecule has 0 radical (unpaired) electrons.